The summed E-state index contributed by atoms with van der Waals surface area (Å²) in [5.41, 5.74) is 1.47. The van der Waals surface area contributed by atoms with Gasteiger partial charge in [0.05, 0.1) is 16.4 Å². The Labute approximate surface area is 153 Å². The number of nitrogens with zero attached hydrogens (tertiary/aromatic N) is 1. The molecule has 0 spiro atoms. The van der Waals surface area contributed by atoms with Crippen LogP contribution in [-0.4, -0.2) is 35.6 Å². The van der Waals surface area contributed by atoms with Gasteiger partial charge in [0.1, 0.15) is 5.69 Å². The van der Waals surface area contributed by atoms with Crippen LogP contribution in [0.1, 0.15) is 10.4 Å². The van der Waals surface area contributed by atoms with Crippen LogP contribution < -0.4 is 16.0 Å². The molecule has 0 bridgehead atoms. The summed E-state index contributed by atoms with van der Waals surface area (Å²) in [6.45, 7) is 0.636. The number of amides is 2. The van der Waals surface area contributed by atoms with E-state index in [0.29, 0.717) is 35.8 Å². The third-order valence-electron chi connectivity index (χ3n) is 3.70. The third-order valence-corrected chi connectivity index (χ3v) is 4.77. The second-order valence-electron chi connectivity index (χ2n) is 5.50. The summed E-state index contributed by atoms with van der Waals surface area (Å²) in [5.74, 6) is 0.00577. The van der Waals surface area contributed by atoms with Gasteiger partial charge in [0.2, 0.25) is 5.91 Å². The number of fused-ring (bicyclic) bond motifs is 1. The molecule has 2 amide bonds. The van der Waals surface area contributed by atoms with E-state index < -0.39 is 4.92 Å². The van der Waals surface area contributed by atoms with Crippen molar-refractivity contribution in [3.63, 3.8) is 0 Å². The molecule has 0 aromatic heterocycles. The molecule has 26 heavy (non-hydrogen) atoms. The zero-order valence-electron chi connectivity index (χ0n) is 13.7. The minimum Gasteiger partial charge on any atom is -0.378 e. The van der Waals surface area contributed by atoms with Crippen molar-refractivity contribution in [1.82, 2.24) is 5.32 Å². The maximum Gasteiger partial charge on any atom is 0.292 e. The van der Waals surface area contributed by atoms with Gasteiger partial charge in [-0.2, -0.15) is 0 Å². The summed E-state index contributed by atoms with van der Waals surface area (Å²) in [4.78, 5) is 35.1. The highest BCUT2D eigenvalue weighted by atomic mass is 32.2. The van der Waals surface area contributed by atoms with Crippen LogP contribution in [0.5, 0.6) is 0 Å². The van der Waals surface area contributed by atoms with Crippen LogP contribution >= 0.6 is 11.8 Å². The molecule has 0 fully saturated rings. The summed E-state index contributed by atoms with van der Waals surface area (Å²) < 4.78 is 0. The highest BCUT2D eigenvalue weighted by Gasteiger charge is 2.17. The maximum absolute atomic E-state index is 12.2. The summed E-state index contributed by atoms with van der Waals surface area (Å²) in [7, 11) is 0. The second kappa shape index (κ2) is 7.87. The van der Waals surface area contributed by atoms with E-state index in [2.05, 4.69) is 16.0 Å². The van der Waals surface area contributed by atoms with Crippen molar-refractivity contribution in [1.29, 1.82) is 0 Å². The largest absolute Gasteiger partial charge is 0.378 e. The minimum atomic E-state index is -0.458. The Morgan fingerprint density at radius 2 is 2.04 bits per heavy atom. The Balaban J connectivity index is 1.54. The van der Waals surface area contributed by atoms with Crippen molar-refractivity contribution >= 4 is 40.6 Å². The van der Waals surface area contributed by atoms with Crippen LogP contribution in [0.3, 0.4) is 0 Å². The first-order chi connectivity index (χ1) is 12.5. The molecule has 2 aromatic rings. The Morgan fingerprint density at radius 1 is 1.23 bits per heavy atom. The fourth-order valence-corrected chi connectivity index (χ4v) is 3.27. The number of para-hydroxylation sites is 2. The second-order valence-corrected chi connectivity index (χ2v) is 6.52. The predicted molar refractivity (Wildman–Crippen MR) is 99.7 cm³/mol. The van der Waals surface area contributed by atoms with Crippen molar-refractivity contribution in [3.8, 4) is 0 Å². The van der Waals surface area contributed by atoms with Gasteiger partial charge in [-0.3, -0.25) is 19.7 Å². The number of hydrogen-bond acceptors (Lipinski definition) is 6. The fourth-order valence-electron chi connectivity index (χ4n) is 2.48. The molecular formula is C17H16N4O4S. The van der Waals surface area contributed by atoms with Gasteiger partial charge in [-0.15, -0.1) is 11.8 Å². The summed E-state index contributed by atoms with van der Waals surface area (Å²) in [5, 5.41) is 19.4. The number of anilines is 2. The van der Waals surface area contributed by atoms with Gasteiger partial charge in [-0.05, 0) is 24.3 Å². The Kier molecular flexibility index (Phi) is 5.37. The van der Waals surface area contributed by atoms with Crippen molar-refractivity contribution in [2.24, 2.45) is 0 Å². The van der Waals surface area contributed by atoms with E-state index in [4.69, 9.17) is 0 Å². The van der Waals surface area contributed by atoms with Gasteiger partial charge in [-0.1, -0.05) is 12.1 Å². The van der Waals surface area contributed by atoms with E-state index in [9.17, 15) is 19.7 Å². The van der Waals surface area contributed by atoms with Crippen LogP contribution in [0.25, 0.3) is 0 Å². The van der Waals surface area contributed by atoms with Gasteiger partial charge in [0, 0.05) is 29.6 Å². The first kappa shape index (κ1) is 17.7. The maximum atomic E-state index is 12.2. The predicted octanol–water partition coefficient (Wildman–Crippen LogP) is 2.48. The lowest BCUT2D eigenvalue weighted by atomic mass is 10.2. The molecular weight excluding hydrogens is 356 g/mol. The topological polar surface area (TPSA) is 113 Å². The van der Waals surface area contributed by atoms with Crippen LogP contribution in [0.15, 0.2) is 47.4 Å². The molecule has 3 N–H and O–H groups in total. The number of hydrogen-bond donors (Lipinski definition) is 3. The lowest BCUT2D eigenvalue weighted by Crippen LogP contribution is -2.29. The SMILES string of the molecule is O=C1CSc2ccc(C(=O)NCCNc3ccccc3[N+](=O)[O-])cc2N1. The highest BCUT2D eigenvalue weighted by molar-refractivity contribution is 8.00. The Bertz CT molecular complexity index is 872. The standard InChI is InChI=1S/C17H16N4O4S/c22-16-10-26-15-6-5-11(9-13(15)20-16)17(23)19-8-7-18-12-3-1-2-4-14(12)21(24)25/h1-6,9,18H,7-8,10H2,(H,19,23)(H,20,22). The number of nitro groups is 1. The molecule has 0 unspecified atom stereocenters. The summed E-state index contributed by atoms with van der Waals surface area (Å²) in [6.07, 6.45) is 0. The fraction of sp³-hybridized carbons (Fsp3) is 0.176. The van der Waals surface area contributed by atoms with Crippen LogP contribution in [0, 0.1) is 10.1 Å². The van der Waals surface area contributed by atoms with Crippen molar-refractivity contribution < 1.29 is 14.5 Å². The first-order valence-electron chi connectivity index (χ1n) is 7.87. The molecule has 1 aliphatic heterocycles. The van der Waals surface area contributed by atoms with Gasteiger partial charge < -0.3 is 16.0 Å². The first-order valence-corrected chi connectivity index (χ1v) is 8.85. The van der Waals surface area contributed by atoms with E-state index in [1.54, 1.807) is 36.4 Å². The molecule has 0 aliphatic carbocycles. The van der Waals surface area contributed by atoms with Crippen molar-refractivity contribution in [2.45, 2.75) is 4.90 Å². The van der Waals surface area contributed by atoms with Gasteiger partial charge in [0.25, 0.3) is 11.6 Å². The number of rotatable bonds is 6. The molecule has 0 atom stereocenters. The van der Waals surface area contributed by atoms with Crippen LogP contribution in [-0.2, 0) is 4.79 Å². The number of carbonyl (C=O) groups excluding carboxylic acids is 2. The Hall–Kier alpha value is -3.07. The van der Waals surface area contributed by atoms with Crippen molar-refractivity contribution in [2.75, 3.05) is 29.5 Å². The number of nitrogens with one attached hydrogen (secondary N) is 3. The van der Waals surface area contributed by atoms with E-state index in [1.807, 2.05) is 0 Å². The average Bonchev–Trinajstić information content (AvgIpc) is 2.64. The molecule has 0 saturated carbocycles. The van der Waals surface area contributed by atoms with Crippen molar-refractivity contribution in [3.05, 3.63) is 58.1 Å². The minimum absolute atomic E-state index is 0.0123. The van der Waals surface area contributed by atoms with E-state index in [0.717, 1.165) is 4.90 Å². The quantitative estimate of drug-likeness (QED) is 0.408. The molecule has 1 heterocycles. The highest BCUT2D eigenvalue weighted by Crippen LogP contribution is 2.31. The van der Waals surface area contributed by atoms with Crippen LogP contribution in [0.2, 0.25) is 0 Å². The third kappa shape index (κ3) is 4.12. The molecule has 8 nitrogen and oxygen atoms in total. The monoisotopic (exact) mass is 372 g/mol. The normalized spacial score (nSPS) is 12.7. The molecule has 134 valence electrons. The lowest BCUT2D eigenvalue weighted by Gasteiger charge is -2.17. The zero-order chi connectivity index (χ0) is 18.5. The van der Waals surface area contributed by atoms with Gasteiger partial charge in [-0.25, -0.2) is 0 Å². The number of thioether (sulfide) groups is 1. The lowest BCUT2D eigenvalue weighted by molar-refractivity contribution is -0.384. The van der Waals surface area contributed by atoms with E-state index >= 15 is 0 Å². The smallest absolute Gasteiger partial charge is 0.292 e. The molecule has 1 aliphatic rings. The molecule has 0 radical (unpaired) electrons. The average molecular weight is 372 g/mol. The number of benzene rings is 2. The molecule has 0 saturated heterocycles. The zero-order valence-corrected chi connectivity index (χ0v) is 14.5. The van der Waals surface area contributed by atoms with Crippen LogP contribution in [0.4, 0.5) is 17.1 Å². The molecule has 9 heteroatoms. The molecule has 2 aromatic carbocycles. The van der Waals surface area contributed by atoms with Gasteiger partial charge in [0.15, 0.2) is 0 Å². The van der Waals surface area contributed by atoms with E-state index in [1.165, 1.54) is 17.8 Å². The van der Waals surface area contributed by atoms with E-state index in [-0.39, 0.29) is 17.5 Å². The number of carbonyl (C=O) groups is 2. The Morgan fingerprint density at radius 3 is 2.85 bits per heavy atom. The summed E-state index contributed by atoms with van der Waals surface area (Å²) >= 11 is 1.43. The summed E-state index contributed by atoms with van der Waals surface area (Å²) in [6, 6.07) is 11.5. The molecule has 3 rings (SSSR count). The van der Waals surface area contributed by atoms with Gasteiger partial charge >= 0.3 is 0 Å². The number of nitro benzene ring substituents is 1.